The zero-order chi connectivity index (χ0) is 12.8. The van der Waals surface area contributed by atoms with E-state index in [1.54, 1.807) is 0 Å². The molecular formula is C15H22BrNO. The molecule has 0 aliphatic carbocycles. The molecule has 1 heterocycles. The fourth-order valence-corrected chi connectivity index (χ4v) is 3.06. The minimum Gasteiger partial charge on any atom is -0.378 e. The Balaban J connectivity index is 1.74. The quantitative estimate of drug-likeness (QED) is 0.885. The molecule has 1 aliphatic rings. The van der Waals surface area contributed by atoms with E-state index in [2.05, 4.69) is 52.4 Å². The molecule has 0 spiro atoms. The van der Waals surface area contributed by atoms with Crippen molar-refractivity contribution in [1.82, 2.24) is 5.32 Å². The van der Waals surface area contributed by atoms with E-state index in [4.69, 9.17) is 4.74 Å². The Kier molecular flexibility index (Phi) is 5.67. The van der Waals surface area contributed by atoms with Crippen LogP contribution in [0.3, 0.4) is 0 Å². The van der Waals surface area contributed by atoms with Crippen LogP contribution in [0.2, 0.25) is 0 Å². The largest absolute Gasteiger partial charge is 0.378 e. The van der Waals surface area contributed by atoms with E-state index in [-0.39, 0.29) is 0 Å². The summed E-state index contributed by atoms with van der Waals surface area (Å²) in [5, 5.41) is 3.58. The van der Waals surface area contributed by atoms with Crippen LogP contribution in [-0.2, 0) is 4.74 Å². The molecule has 2 unspecified atom stereocenters. The number of nitrogens with one attached hydrogen (secondary N) is 1. The molecule has 1 aromatic carbocycles. The van der Waals surface area contributed by atoms with Crippen LogP contribution in [0.1, 0.15) is 44.2 Å². The summed E-state index contributed by atoms with van der Waals surface area (Å²) in [7, 11) is 0. The first-order valence-corrected chi connectivity index (χ1v) is 7.66. The van der Waals surface area contributed by atoms with Gasteiger partial charge in [-0.3, -0.25) is 0 Å². The molecule has 0 amide bonds. The average Bonchev–Trinajstić information content (AvgIpc) is 2.40. The number of hydrogen-bond acceptors (Lipinski definition) is 2. The van der Waals surface area contributed by atoms with Crippen molar-refractivity contribution in [2.24, 2.45) is 0 Å². The summed E-state index contributed by atoms with van der Waals surface area (Å²) in [6.07, 6.45) is 5.37. The predicted molar refractivity (Wildman–Crippen MR) is 78.8 cm³/mol. The summed E-state index contributed by atoms with van der Waals surface area (Å²) in [5.74, 6) is 0. The third kappa shape index (κ3) is 4.08. The lowest BCUT2D eigenvalue weighted by atomic mass is 10.1. The van der Waals surface area contributed by atoms with Gasteiger partial charge in [-0.15, -0.1) is 0 Å². The van der Waals surface area contributed by atoms with Crippen molar-refractivity contribution in [2.75, 3.05) is 13.2 Å². The molecule has 0 bridgehead atoms. The highest BCUT2D eigenvalue weighted by molar-refractivity contribution is 9.10. The molecule has 0 radical (unpaired) electrons. The molecule has 1 N–H and O–H groups in total. The van der Waals surface area contributed by atoms with Gasteiger partial charge < -0.3 is 10.1 Å². The Morgan fingerprint density at radius 1 is 1.39 bits per heavy atom. The fourth-order valence-electron chi connectivity index (χ4n) is 2.43. The maximum atomic E-state index is 5.74. The van der Waals surface area contributed by atoms with Crippen molar-refractivity contribution in [3.8, 4) is 0 Å². The van der Waals surface area contributed by atoms with E-state index in [1.807, 2.05) is 0 Å². The molecule has 2 rings (SSSR count). The number of halogens is 1. The molecule has 2 atom stereocenters. The lowest BCUT2D eigenvalue weighted by molar-refractivity contribution is 0.0112. The molecule has 0 aromatic heterocycles. The lowest BCUT2D eigenvalue weighted by Gasteiger charge is -2.23. The van der Waals surface area contributed by atoms with Crippen molar-refractivity contribution in [3.05, 3.63) is 34.3 Å². The topological polar surface area (TPSA) is 21.3 Å². The van der Waals surface area contributed by atoms with Crippen LogP contribution in [0.4, 0.5) is 0 Å². The SMILES string of the molecule is CC(NCCC1CCCCO1)c1ccccc1Br. The number of rotatable bonds is 5. The van der Waals surface area contributed by atoms with Gasteiger partial charge in [0.25, 0.3) is 0 Å². The van der Waals surface area contributed by atoms with Crippen molar-refractivity contribution in [1.29, 1.82) is 0 Å². The minimum atomic E-state index is 0.379. The molecule has 0 saturated carbocycles. The normalized spacial score (nSPS) is 21.8. The predicted octanol–water partition coefficient (Wildman–Crippen LogP) is 4.06. The van der Waals surface area contributed by atoms with Crippen LogP contribution in [0.25, 0.3) is 0 Å². The van der Waals surface area contributed by atoms with E-state index in [1.165, 1.54) is 29.3 Å². The molecule has 3 heteroatoms. The zero-order valence-electron chi connectivity index (χ0n) is 11.0. The van der Waals surface area contributed by atoms with Gasteiger partial charge in [0.05, 0.1) is 6.10 Å². The van der Waals surface area contributed by atoms with E-state index in [0.717, 1.165) is 19.6 Å². The zero-order valence-corrected chi connectivity index (χ0v) is 12.6. The molecule has 1 saturated heterocycles. The molecule has 18 heavy (non-hydrogen) atoms. The summed E-state index contributed by atoms with van der Waals surface area (Å²) in [5.41, 5.74) is 1.32. The average molecular weight is 312 g/mol. The van der Waals surface area contributed by atoms with Gasteiger partial charge in [-0.1, -0.05) is 34.1 Å². The summed E-state index contributed by atoms with van der Waals surface area (Å²) in [4.78, 5) is 0. The standard InChI is InChI=1S/C15H22BrNO/c1-12(14-7-2-3-8-15(14)16)17-10-9-13-6-4-5-11-18-13/h2-3,7-8,12-13,17H,4-6,9-11H2,1H3. The lowest BCUT2D eigenvalue weighted by Crippen LogP contribution is -2.27. The highest BCUT2D eigenvalue weighted by Crippen LogP contribution is 2.23. The van der Waals surface area contributed by atoms with Crippen LogP contribution >= 0.6 is 15.9 Å². The third-order valence-electron chi connectivity index (χ3n) is 3.56. The molecule has 1 fully saturated rings. The van der Waals surface area contributed by atoms with Crippen LogP contribution in [0, 0.1) is 0 Å². The van der Waals surface area contributed by atoms with Gasteiger partial charge in [-0.25, -0.2) is 0 Å². The van der Waals surface area contributed by atoms with E-state index in [9.17, 15) is 0 Å². The third-order valence-corrected chi connectivity index (χ3v) is 4.28. The fraction of sp³-hybridized carbons (Fsp3) is 0.600. The van der Waals surface area contributed by atoms with Gasteiger partial charge in [-0.2, -0.15) is 0 Å². The molecule has 2 nitrogen and oxygen atoms in total. The monoisotopic (exact) mass is 311 g/mol. The summed E-state index contributed by atoms with van der Waals surface area (Å²) in [6, 6.07) is 8.78. The Labute approximate surface area is 118 Å². The summed E-state index contributed by atoms with van der Waals surface area (Å²) < 4.78 is 6.92. The van der Waals surface area contributed by atoms with Crippen molar-refractivity contribution in [2.45, 2.75) is 44.8 Å². The number of hydrogen-bond donors (Lipinski definition) is 1. The molecule has 100 valence electrons. The number of ether oxygens (including phenoxy) is 1. The maximum Gasteiger partial charge on any atom is 0.0587 e. The molecular weight excluding hydrogens is 290 g/mol. The number of benzene rings is 1. The first-order chi connectivity index (χ1) is 8.77. The van der Waals surface area contributed by atoms with Crippen LogP contribution in [0.15, 0.2) is 28.7 Å². The minimum absolute atomic E-state index is 0.379. The highest BCUT2D eigenvalue weighted by Gasteiger charge is 2.14. The van der Waals surface area contributed by atoms with Gasteiger partial charge in [0.1, 0.15) is 0 Å². The van der Waals surface area contributed by atoms with Crippen LogP contribution in [-0.4, -0.2) is 19.3 Å². The Morgan fingerprint density at radius 3 is 2.94 bits per heavy atom. The summed E-state index contributed by atoms with van der Waals surface area (Å²) >= 11 is 3.60. The van der Waals surface area contributed by atoms with Gasteiger partial charge in [0.2, 0.25) is 0 Å². The van der Waals surface area contributed by atoms with Crippen molar-refractivity contribution < 1.29 is 4.74 Å². The summed E-state index contributed by atoms with van der Waals surface area (Å²) in [6.45, 7) is 4.18. The van der Waals surface area contributed by atoms with Gasteiger partial charge in [-0.05, 0) is 50.8 Å². The smallest absolute Gasteiger partial charge is 0.0587 e. The van der Waals surface area contributed by atoms with Crippen LogP contribution < -0.4 is 5.32 Å². The maximum absolute atomic E-state index is 5.74. The van der Waals surface area contributed by atoms with E-state index >= 15 is 0 Å². The molecule has 1 aliphatic heterocycles. The Hall–Kier alpha value is -0.380. The first-order valence-electron chi connectivity index (χ1n) is 6.87. The molecule has 1 aromatic rings. The van der Waals surface area contributed by atoms with Crippen LogP contribution in [0.5, 0.6) is 0 Å². The second kappa shape index (κ2) is 7.27. The van der Waals surface area contributed by atoms with E-state index < -0.39 is 0 Å². The van der Waals surface area contributed by atoms with Crippen molar-refractivity contribution >= 4 is 15.9 Å². The van der Waals surface area contributed by atoms with Gasteiger partial charge in [0, 0.05) is 17.1 Å². The van der Waals surface area contributed by atoms with Gasteiger partial charge >= 0.3 is 0 Å². The van der Waals surface area contributed by atoms with E-state index in [0.29, 0.717) is 12.1 Å². The Morgan fingerprint density at radius 2 is 2.22 bits per heavy atom. The van der Waals surface area contributed by atoms with Gasteiger partial charge in [0.15, 0.2) is 0 Å². The Bertz CT molecular complexity index is 363. The van der Waals surface area contributed by atoms with Crippen molar-refractivity contribution in [3.63, 3.8) is 0 Å². The second-order valence-electron chi connectivity index (χ2n) is 4.97. The highest BCUT2D eigenvalue weighted by atomic mass is 79.9. The second-order valence-corrected chi connectivity index (χ2v) is 5.83. The first kappa shape index (κ1) is 14.0.